The molecule has 4 nitrogen and oxygen atoms in total. The fourth-order valence-corrected chi connectivity index (χ4v) is 1.13. The van der Waals surface area contributed by atoms with Crippen molar-refractivity contribution in [2.75, 3.05) is 5.73 Å². The zero-order chi connectivity index (χ0) is 12.5. The Morgan fingerprint density at radius 3 is 2.38 bits per heavy atom. The molecule has 0 saturated carbocycles. The van der Waals surface area contributed by atoms with E-state index in [0.717, 1.165) is 0 Å². The Morgan fingerprint density at radius 1 is 1.44 bits per heavy atom. The molecule has 0 spiro atoms. The Bertz CT molecular complexity index is 489. The van der Waals surface area contributed by atoms with Gasteiger partial charge < -0.3 is 10.8 Å². The molecule has 0 aromatic heterocycles. The lowest BCUT2D eigenvalue weighted by molar-refractivity contribution is -0.137. The van der Waals surface area contributed by atoms with Gasteiger partial charge in [0.05, 0.1) is 22.8 Å². The quantitative estimate of drug-likeness (QED) is 0.720. The number of nitrogens with zero attached hydrogens (tertiary/aromatic N) is 1. The van der Waals surface area contributed by atoms with E-state index in [1.54, 1.807) is 0 Å². The molecule has 3 N–H and O–H groups in total. The summed E-state index contributed by atoms with van der Waals surface area (Å²) in [6.45, 7) is 0. The summed E-state index contributed by atoms with van der Waals surface area (Å²) in [7, 11) is 0. The van der Waals surface area contributed by atoms with Gasteiger partial charge in [0.2, 0.25) is 0 Å². The number of rotatable bonds is 1. The Morgan fingerprint density at radius 2 is 2.00 bits per heavy atom. The van der Waals surface area contributed by atoms with Crippen molar-refractivity contribution in [1.29, 1.82) is 5.26 Å². The number of hydrogen-bond donors (Lipinski definition) is 2. The van der Waals surface area contributed by atoms with Crippen molar-refractivity contribution in [3.63, 3.8) is 0 Å². The summed E-state index contributed by atoms with van der Waals surface area (Å²) >= 11 is 0. The maximum Gasteiger partial charge on any atom is 0.417 e. The van der Waals surface area contributed by atoms with Crippen LogP contribution in [-0.2, 0) is 6.18 Å². The first-order chi connectivity index (χ1) is 7.27. The van der Waals surface area contributed by atoms with Crippen LogP contribution in [0.25, 0.3) is 0 Å². The Balaban J connectivity index is 3.52. The average molecular weight is 230 g/mol. The van der Waals surface area contributed by atoms with Crippen molar-refractivity contribution in [1.82, 2.24) is 0 Å². The monoisotopic (exact) mass is 230 g/mol. The molecule has 0 aliphatic heterocycles. The first kappa shape index (κ1) is 11.8. The molecule has 0 heterocycles. The van der Waals surface area contributed by atoms with Gasteiger partial charge in [0.15, 0.2) is 0 Å². The van der Waals surface area contributed by atoms with Crippen molar-refractivity contribution in [3.8, 4) is 6.07 Å². The molecule has 1 rings (SSSR count). The Hall–Kier alpha value is -2.23. The van der Waals surface area contributed by atoms with Crippen molar-refractivity contribution in [3.05, 3.63) is 28.8 Å². The Kier molecular flexibility index (Phi) is 2.76. The van der Waals surface area contributed by atoms with Crippen molar-refractivity contribution < 1.29 is 23.1 Å². The predicted molar refractivity (Wildman–Crippen MR) is 47.5 cm³/mol. The van der Waals surface area contributed by atoms with E-state index in [2.05, 4.69) is 0 Å². The zero-order valence-electron chi connectivity index (χ0n) is 7.67. The number of nitrogen functional groups attached to an aromatic ring is 1. The smallest absolute Gasteiger partial charge is 0.417 e. The van der Waals surface area contributed by atoms with Gasteiger partial charge in [-0.3, -0.25) is 0 Å². The van der Waals surface area contributed by atoms with Crippen LogP contribution in [0.2, 0.25) is 0 Å². The van der Waals surface area contributed by atoms with Crippen LogP contribution in [-0.4, -0.2) is 11.1 Å². The summed E-state index contributed by atoms with van der Waals surface area (Å²) in [6.07, 6.45) is -4.74. The molecule has 0 radical (unpaired) electrons. The predicted octanol–water partition coefficient (Wildman–Crippen LogP) is 1.86. The highest BCUT2D eigenvalue weighted by Crippen LogP contribution is 2.34. The zero-order valence-corrected chi connectivity index (χ0v) is 7.67. The number of carboxylic acids is 1. The fraction of sp³-hybridized carbons (Fsp3) is 0.111. The van der Waals surface area contributed by atoms with Crippen LogP contribution in [0.15, 0.2) is 12.1 Å². The molecule has 16 heavy (non-hydrogen) atoms. The molecule has 0 saturated heterocycles. The van der Waals surface area contributed by atoms with Gasteiger partial charge in [0, 0.05) is 5.69 Å². The highest BCUT2D eigenvalue weighted by atomic mass is 19.4. The molecule has 1 aromatic carbocycles. The van der Waals surface area contributed by atoms with Gasteiger partial charge in [0.1, 0.15) is 0 Å². The molecule has 1 aromatic rings. The molecule has 0 aliphatic rings. The minimum Gasteiger partial charge on any atom is -0.478 e. The number of carbonyl (C=O) groups is 1. The molecule has 84 valence electrons. The molecule has 0 unspecified atom stereocenters. The molecule has 0 atom stereocenters. The van der Waals surface area contributed by atoms with Gasteiger partial charge in [-0.2, -0.15) is 18.4 Å². The number of benzene rings is 1. The van der Waals surface area contributed by atoms with Gasteiger partial charge in [-0.1, -0.05) is 0 Å². The van der Waals surface area contributed by atoms with E-state index in [0.29, 0.717) is 12.1 Å². The first-order valence-corrected chi connectivity index (χ1v) is 3.91. The van der Waals surface area contributed by atoms with E-state index in [1.807, 2.05) is 0 Å². The second-order valence-electron chi connectivity index (χ2n) is 2.90. The van der Waals surface area contributed by atoms with Gasteiger partial charge in [0.25, 0.3) is 0 Å². The summed E-state index contributed by atoms with van der Waals surface area (Å²) in [4.78, 5) is 10.6. The number of nitriles is 1. The number of anilines is 1. The number of carboxylic acid groups (broad SMARTS) is 1. The van der Waals surface area contributed by atoms with Crippen LogP contribution >= 0.6 is 0 Å². The topological polar surface area (TPSA) is 87.1 Å². The van der Waals surface area contributed by atoms with Crippen molar-refractivity contribution >= 4 is 11.7 Å². The maximum atomic E-state index is 12.4. The molecular weight excluding hydrogens is 225 g/mol. The van der Waals surface area contributed by atoms with Crippen LogP contribution < -0.4 is 5.73 Å². The maximum absolute atomic E-state index is 12.4. The van der Waals surface area contributed by atoms with Crippen LogP contribution in [0.1, 0.15) is 21.5 Å². The second-order valence-corrected chi connectivity index (χ2v) is 2.90. The number of aromatic carboxylic acids is 1. The van der Waals surface area contributed by atoms with Crippen LogP contribution in [0.5, 0.6) is 0 Å². The summed E-state index contributed by atoms with van der Waals surface area (Å²) in [5, 5.41) is 17.1. The normalized spacial score (nSPS) is 10.9. The lowest BCUT2D eigenvalue weighted by Gasteiger charge is -2.10. The van der Waals surface area contributed by atoms with E-state index >= 15 is 0 Å². The van der Waals surface area contributed by atoms with E-state index < -0.39 is 34.5 Å². The van der Waals surface area contributed by atoms with E-state index in [1.165, 1.54) is 6.07 Å². The summed E-state index contributed by atoms with van der Waals surface area (Å²) in [6, 6.07) is 2.34. The summed E-state index contributed by atoms with van der Waals surface area (Å²) in [5.74, 6) is -1.48. The number of hydrogen-bond acceptors (Lipinski definition) is 3. The molecule has 0 fully saturated rings. The molecular formula is C9H5F3N2O2. The average Bonchev–Trinajstić information content (AvgIpc) is 2.15. The largest absolute Gasteiger partial charge is 0.478 e. The second kappa shape index (κ2) is 3.73. The standard InChI is InChI=1S/C9H5F3N2O2/c10-9(11,12)6-2-7(14)5(8(15)16)1-4(6)3-13/h1-2H,14H2,(H,15,16). The third-order valence-corrected chi connectivity index (χ3v) is 1.85. The first-order valence-electron chi connectivity index (χ1n) is 3.91. The molecule has 0 amide bonds. The minimum atomic E-state index is -4.74. The SMILES string of the molecule is N#Cc1cc(C(=O)O)c(N)cc1C(F)(F)F. The summed E-state index contributed by atoms with van der Waals surface area (Å²) in [5.41, 5.74) is 2.10. The van der Waals surface area contributed by atoms with Crippen molar-refractivity contribution in [2.24, 2.45) is 0 Å². The van der Waals surface area contributed by atoms with Gasteiger partial charge in [-0.15, -0.1) is 0 Å². The third kappa shape index (κ3) is 2.06. The van der Waals surface area contributed by atoms with Crippen molar-refractivity contribution in [2.45, 2.75) is 6.18 Å². The lowest BCUT2D eigenvalue weighted by Crippen LogP contribution is -2.12. The fourth-order valence-electron chi connectivity index (χ4n) is 1.13. The van der Waals surface area contributed by atoms with Crippen LogP contribution in [0.3, 0.4) is 0 Å². The summed E-state index contributed by atoms with van der Waals surface area (Å²) < 4.78 is 37.2. The van der Waals surface area contributed by atoms with Gasteiger partial charge in [-0.25, -0.2) is 4.79 Å². The van der Waals surface area contributed by atoms with E-state index in [4.69, 9.17) is 16.1 Å². The van der Waals surface area contributed by atoms with Gasteiger partial charge in [-0.05, 0) is 12.1 Å². The van der Waals surface area contributed by atoms with Crippen LogP contribution in [0, 0.1) is 11.3 Å². The minimum absolute atomic E-state index is 0.446. The number of nitrogens with two attached hydrogens (primary N) is 1. The number of halogens is 3. The molecule has 0 aliphatic carbocycles. The molecule has 0 bridgehead atoms. The van der Waals surface area contributed by atoms with Crippen LogP contribution in [0.4, 0.5) is 18.9 Å². The third-order valence-electron chi connectivity index (χ3n) is 1.85. The van der Waals surface area contributed by atoms with E-state index in [9.17, 15) is 18.0 Å². The lowest BCUT2D eigenvalue weighted by atomic mass is 10.0. The van der Waals surface area contributed by atoms with Gasteiger partial charge >= 0.3 is 12.1 Å². The molecule has 7 heteroatoms. The highest BCUT2D eigenvalue weighted by Gasteiger charge is 2.34. The highest BCUT2D eigenvalue weighted by molar-refractivity contribution is 5.94. The van der Waals surface area contributed by atoms with E-state index in [-0.39, 0.29) is 0 Å². The number of alkyl halides is 3. The Labute approximate surface area is 87.7 Å².